The van der Waals surface area contributed by atoms with Crippen LogP contribution in [0.2, 0.25) is 5.15 Å². The fourth-order valence-corrected chi connectivity index (χ4v) is 10.8. The molecule has 63 heavy (non-hydrogen) atoms. The van der Waals surface area contributed by atoms with Crippen molar-refractivity contribution >= 4 is 35.2 Å². The second kappa shape index (κ2) is 21.3. The molecule has 3 saturated heterocycles. The number of nitrogens with one attached hydrogen (secondary N) is 1. The van der Waals surface area contributed by atoms with Crippen molar-refractivity contribution in [1.29, 1.82) is 0 Å². The summed E-state index contributed by atoms with van der Waals surface area (Å²) in [7, 11) is 0. The van der Waals surface area contributed by atoms with E-state index in [4.69, 9.17) is 26.8 Å². The number of halogens is 1. The highest BCUT2D eigenvalue weighted by Gasteiger charge is 2.44. The minimum Gasteiger partial charge on any atom is -0.460 e. The molecule has 0 amide bonds. The van der Waals surface area contributed by atoms with Gasteiger partial charge in [0.15, 0.2) is 0 Å². The first-order valence-electron chi connectivity index (χ1n) is 23.2. The maximum absolute atomic E-state index is 12.2. The first kappa shape index (κ1) is 48.4. The summed E-state index contributed by atoms with van der Waals surface area (Å²) in [6.45, 7) is 23.7. The van der Waals surface area contributed by atoms with Gasteiger partial charge in [-0.15, -0.1) is 0 Å². The molecule has 346 valence electrons. The van der Waals surface area contributed by atoms with E-state index in [1.807, 2.05) is 68.4 Å². The molecule has 6 aliphatic rings. The Labute approximate surface area is 380 Å². The van der Waals surface area contributed by atoms with Crippen LogP contribution in [0.1, 0.15) is 110 Å². The Morgan fingerprint density at radius 2 is 0.968 bits per heavy atom. The Bertz CT molecular complexity index is 1910. The quantitative estimate of drug-likeness (QED) is 0.186. The fraction of sp³-hybridized carbons (Fsp3) is 0.708. The van der Waals surface area contributed by atoms with Gasteiger partial charge >= 0.3 is 11.9 Å². The first-order chi connectivity index (χ1) is 29.8. The summed E-state index contributed by atoms with van der Waals surface area (Å²) >= 11 is 5.49. The Hall–Kier alpha value is -4.01. The van der Waals surface area contributed by atoms with Gasteiger partial charge in [0.1, 0.15) is 47.0 Å². The summed E-state index contributed by atoms with van der Waals surface area (Å²) in [5.74, 6) is 6.90. The molecule has 15 heteroatoms. The predicted molar refractivity (Wildman–Crippen MR) is 247 cm³/mol. The number of aromatic nitrogens is 6. The van der Waals surface area contributed by atoms with Gasteiger partial charge < -0.3 is 30.3 Å². The molecule has 3 aromatic heterocycles. The summed E-state index contributed by atoms with van der Waals surface area (Å²) in [5, 5.41) is 3.94. The summed E-state index contributed by atoms with van der Waals surface area (Å²) in [4.78, 5) is 53.4. The number of nitrogens with zero attached hydrogens (tertiary/aromatic N) is 8. The molecule has 6 heterocycles. The molecule has 14 nitrogen and oxygen atoms in total. The molecule has 3 saturated carbocycles. The van der Waals surface area contributed by atoms with E-state index in [0.29, 0.717) is 71.4 Å². The zero-order chi connectivity index (χ0) is 45.5. The van der Waals surface area contributed by atoms with E-state index in [9.17, 15) is 9.59 Å². The average Bonchev–Trinajstić information content (AvgIpc) is 3.61. The van der Waals surface area contributed by atoms with Crippen LogP contribution in [0.4, 0.5) is 11.6 Å². The van der Waals surface area contributed by atoms with Crippen LogP contribution in [0.5, 0.6) is 0 Å². The van der Waals surface area contributed by atoms with Gasteiger partial charge in [-0.05, 0) is 167 Å². The first-order valence-corrected chi connectivity index (χ1v) is 23.6. The molecule has 0 aromatic carbocycles. The van der Waals surface area contributed by atoms with Crippen molar-refractivity contribution < 1.29 is 19.1 Å². The number of aryl methyl sites for hydroxylation is 3. The van der Waals surface area contributed by atoms with Gasteiger partial charge in [-0.3, -0.25) is 9.59 Å². The minimum atomic E-state index is -0.394. The molecule has 0 radical (unpaired) electrons. The molecule has 6 bridgehead atoms. The van der Waals surface area contributed by atoms with E-state index in [-0.39, 0.29) is 17.5 Å². The molecule has 0 spiro atoms. The fourth-order valence-electron chi connectivity index (χ4n) is 10.6. The number of fused-ring (bicyclic) bond motifs is 6. The molecule has 3 N–H and O–H groups in total. The monoisotopic (exact) mass is 889 g/mol. The zero-order valence-corrected chi connectivity index (χ0v) is 40.0. The van der Waals surface area contributed by atoms with Crippen molar-refractivity contribution in [1.82, 2.24) is 35.2 Å². The van der Waals surface area contributed by atoms with Crippen molar-refractivity contribution in [3.05, 3.63) is 59.4 Å². The second-order valence-corrected chi connectivity index (χ2v) is 21.2. The van der Waals surface area contributed by atoms with Gasteiger partial charge in [0, 0.05) is 74.3 Å². The molecule has 9 atom stereocenters. The minimum absolute atomic E-state index is 0.0173. The van der Waals surface area contributed by atoms with E-state index in [1.54, 1.807) is 18.7 Å². The number of anilines is 2. The lowest BCUT2D eigenvalue weighted by Crippen LogP contribution is -2.49. The summed E-state index contributed by atoms with van der Waals surface area (Å²) in [6, 6.07) is 6.24. The molecule has 9 rings (SSSR count). The van der Waals surface area contributed by atoms with Crippen LogP contribution >= 0.6 is 11.6 Å². The number of rotatable bonds is 6. The van der Waals surface area contributed by atoms with E-state index < -0.39 is 5.60 Å². The van der Waals surface area contributed by atoms with Crippen molar-refractivity contribution in [2.75, 3.05) is 49.1 Å². The molecular weight excluding hydrogens is 816 g/mol. The molecule has 3 unspecified atom stereocenters. The normalized spacial score (nSPS) is 28.1. The molecule has 3 aromatic rings. The molecular formula is C48H73ClN10O4. The number of esters is 2. The average molecular weight is 890 g/mol. The predicted octanol–water partition coefficient (Wildman–Crippen LogP) is 7.34. The van der Waals surface area contributed by atoms with Gasteiger partial charge in [-0.1, -0.05) is 11.6 Å². The Balaban J connectivity index is 0.000000147. The van der Waals surface area contributed by atoms with Crippen LogP contribution in [0.3, 0.4) is 0 Å². The standard InChI is InChI=1S/C18H27N3O2.C13H23NO2.C12H18N4.C5H5ClN2/c1-12-7-16(20-11-19-12)21-9-13-5-6-14(10-21)15(13)8-17(22)23-18(2,3)4;1-13(2,3)16-12(15)6-11-9-4-5-10(11)8-14-7-9;1-8-4-11(15-7-14-8)16-5-9-2-3-10(6-16)12(9)13;1-4-2-5(6)8-3-7-4/h7,11,13-15H,5-6,8-10H2,1-4H3;9-11,14H,4-8H2,1-3H3;4,7,9-10,12H,2-3,5-6,13H2,1H3;2-3H,1H3/t13-,14+,15?;9-,10+,11?;9-,10+,12?;. The number of piperidine rings is 3. The van der Waals surface area contributed by atoms with Crippen LogP contribution in [-0.2, 0) is 19.1 Å². The van der Waals surface area contributed by atoms with Crippen molar-refractivity contribution in [2.45, 2.75) is 131 Å². The zero-order valence-electron chi connectivity index (χ0n) is 39.2. The number of hydrogen-bond donors (Lipinski definition) is 2. The highest BCUT2D eigenvalue weighted by atomic mass is 35.5. The van der Waals surface area contributed by atoms with Crippen LogP contribution in [0.15, 0.2) is 37.2 Å². The third-order valence-corrected chi connectivity index (χ3v) is 13.7. The summed E-state index contributed by atoms with van der Waals surface area (Å²) in [5.41, 5.74) is 8.38. The van der Waals surface area contributed by atoms with E-state index in [1.165, 1.54) is 44.9 Å². The SMILES string of the molecule is CC(C)(C)OC(=O)CC1[C@@H]2CC[C@H]1CNC2.Cc1cc(Cl)ncn1.Cc1cc(N2C[C@H]3CC[C@@H](C2)C3CC(=O)OC(C)(C)C)ncn1.Cc1cc(N2C[C@H]3CC[C@@H](C2)C3N)ncn1. The number of hydrogen-bond acceptors (Lipinski definition) is 14. The highest BCUT2D eigenvalue weighted by Crippen LogP contribution is 2.45. The number of ether oxygens (including phenoxy) is 2. The lowest BCUT2D eigenvalue weighted by Gasteiger charge is -2.38. The molecule has 6 fully saturated rings. The summed E-state index contributed by atoms with van der Waals surface area (Å²) < 4.78 is 10.9. The van der Waals surface area contributed by atoms with E-state index in [2.05, 4.69) is 51.1 Å². The number of nitrogens with two attached hydrogens (primary N) is 1. The van der Waals surface area contributed by atoms with Gasteiger partial charge in [0.25, 0.3) is 0 Å². The highest BCUT2D eigenvalue weighted by molar-refractivity contribution is 6.29. The van der Waals surface area contributed by atoms with Crippen molar-refractivity contribution in [3.63, 3.8) is 0 Å². The second-order valence-electron chi connectivity index (χ2n) is 20.8. The number of carbonyl (C=O) groups is 2. The van der Waals surface area contributed by atoms with Crippen molar-refractivity contribution in [3.8, 4) is 0 Å². The number of carbonyl (C=O) groups excluding carboxylic acids is 2. The maximum Gasteiger partial charge on any atom is 0.306 e. The van der Waals surface area contributed by atoms with Crippen LogP contribution in [0.25, 0.3) is 0 Å². The largest absolute Gasteiger partial charge is 0.460 e. The molecule has 3 aliphatic heterocycles. The Morgan fingerprint density at radius 3 is 1.35 bits per heavy atom. The lowest BCUT2D eigenvalue weighted by molar-refractivity contribution is -0.158. The third kappa shape index (κ3) is 14.2. The topological polar surface area (TPSA) is 174 Å². The Morgan fingerprint density at radius 1 is 0.603 bits per heavy atom. The van der Waals surface area contributed by atoms with Gasteiger partial charge in [-0.2, -0.15) is 0 Å². The van der Waals surface area contributed by atoms with Gasteiger partial charge in [0.2, 0.25) is 0 Å². The van der Waals surface area contributed by atoms with E-state index in [0.717, 1.165) is 68.0 Å². The van der Waals surface area contributed by atoms with Crippen LogP contribution in [-0.4, -0.2) is 98.4 Å². The lowest BCUT2D eigenvalue weighted by atomic mass is 9.82. The van der Waals surface area contributed by atoms with Crippen LogP contribution < -0.4 is 20.9 Å². The smallest absolute Gasteiger partial charge is 0.306 e. The summed E-state index contributed by atoms with van der Waals surface area (Å²) in [6.07, 6.45) is 13.5. The molecule has 3 aliphatic carbocycles. The van der Waals surface area contributed by atoms with Gasteiger partial charge in [-0.25, -0.2) is 29.9 Å². The van der Waals surface area contributed by atoms with Gasteiger partial charge in [0.05, 0.1) is 0 Å². The van der Waals surface area contributed by atoms with Crippen LogP contribution in [0, 0.1) is 68.1 Å². The maximum atomic E-state index is 12.2. The third-order valence-electron chi connectivity index (χ3n) is 13.5. The van der Waals surface area contributed by atoms with E-state index >= 15 is 0 Å². The van der Waals surface area contributed by atoms with Crippen molar-refractivity contribution in [2.24, 2.45) is 53.1 Å². The Kier molecular flexibility index (Phi) is 16.4.